The summed E-state index contributed by atoms with van der Waals surface area (Å²) in [5.41, 5.74) is 5.41. The summed E-state index contributed by atoms with van der Waals surface area (Å²) in [4.78, 5) is 0. The van der Waals surface area contributed by atoms with Crippen LogP contribution in [-0.2, 0) is 12.8 Å². The van der Waals surface area contributed by atoms with Crippen LogP contribution in [0.3, 0.4) is 0 Å². The van der Waals surface area contributed by atoms with E-state index in [4.69, 9.17) is 0 Å². The van der Waals surface area contributed by atoms with Crippen LogP contribution in [0, 0.1) is 0 Å². The number of allylic oxidation sites excluding steroid dienone is 2. The molecule has 2 rings (SSSR count). The molecule has 0 aliphatic rings. The highest BCUT2D eigenvalue weighted by Gasteiger charge is 1.98. The van der Waals surface area contributed by atoms with Crippen molar-refractivity contribution in [2.75, 3.05) is 0 Å². The lowest BCUT2D eigenvalue weighted by Gasteiger charge is -2.05. The van der Waals surface area contributed by atoms with Crippen LogP contribution in [0.25, 0.3) is 11.1 Å². The van der Waals surface area contributed by atoms with Crippen LogP contribution >= 0.6 is 0 Å². The van der Waals surface area contributed by atoms with E-state index in [0.29, 0.717) is 0 Å². The van der Waals surface area contributed by atoms with Crippen LogP contribution in [-0.4, -0.2) is 0 Å². The zero-order valence-electron chi connectivity index (χ0n) is 11.9. The Morgan fingerprint density at radius 3 is 1.79 bits per heavy atom. The lowest BCUT2D eigenvalue weighted by atomic mass is 10.0. The fourth-order valence-electron chi connectivity index (χ4n) is 2.21. The topological polar surface area (TPSA) is 0 Å². The van der Waals surface area contributed by atoms with Gasteiger partial charge >= 0.3 is 0 Å². The second-order valence-electron chi connectivity index (χ2n) is 4.86. The van der Waals surface area contributed by atoms with E-state index in [9.17, 15) is 0 Å². The summed E-state index contributed by atoms with van der Waals surface area (Å²) >= 11 is 0. The molecule has 0 saturated heterocycles. The van der Waals surface area contributed by atoms with Gasteiger partial charge in [0.1, 0.15) is 0 Å². The van der Waals surface area contributed by atoms with E-state index in [-0.39, 0.29) is 0 Å². The van der Waals surface area contributed by atoms with Crippen LogP contribution in [0.15, 0.2) is 60.7 Å². The molecule has 0 amide bonds. The molecule has 0 aromatic heterocycles. The lowest BCUT2D eigenvalue weighted by molar-refractivity contribution is 1.000. The molecule has 0 heterocycles. The third-order valence-electron chi connectivity index (χ3n) is 3.48. The van der Waals surface area contributed by atoms with Crippen molar-refractivity contribution < 1.29 is 0 Å². The zero-order valence-corrected chi connectivity index (χ0v) is 11.9. The van der Waals surface area contributed by atoms with E-state index in [1.54, 1.807) is 0 Å². The van der Waals surface area contributed by atoms with Crippen LogP contribution in [0.2, 0.25) is 0 Å². The number of benzene rings is 2. The molecule has 0 atom stereocenters. The second-order valence-corrected chi connectivity index (χ2v) is 4.86. The summed E-state index contributed by atoms with van der Waals surface area (Å²) < 4.78 is 0. The average molecular weight is 250 g/mol. The van der Waals surface area contributed by atoms with Gasteiger partial charge in [0, 0.05) is 0 Å². The summed E-state index contributed by atoms with van der Waals surface area (Å²) in [5.74, 6) is 0. The Labute approximate surface area is 116 Å². The van der Waals surface area contributed by atoms with Crippen molar-refractivity contribution in [1.29, 1.82) is 0 Å². The van der Waals surface area contributed by atoms with Crippen molar-refractivity contribution in [3.05, 3.63) is 71.8 Å². The number of aryl methyl sites for hydroxylation is 2. The molecule has 19 heavy (non-hydrogen) atoms. The van der Waals surface area contributed by atoms with Gasteiger partial charge in [-0.25, -0.2) is 0 Å². The minimum atomic E-state index is 1.10. The van der Waals surface area contributed by atoms with Crippen LogP contribution in [0.5, 0.6) is 0 Å². The molecule has 0 aliphatic carbocycles. The van der Waals surface area contributed by atoms with Crippen LogP contribution in [0.4, 0.5) is 0 Å². The molecule has 0 bridgehead atoms. The third-order valence-corrected chi connectivity index (χ3v) is 3.48. The zero-order chi connectivity index (χ0) is 13.5. The van der Waals surface area contributed by atoms with Gasteiger partial charge in [0.25, 0.3) is 0 Å². The van der Waals surface area contributed by atoms with Gasteiger partial charge in [-0.1, -0.05) is 67.6 Å². The first-order valence-corrected chi connectivity index (χ1v) is 7.13. The highest BCUT2D eigenvalue weighted by atomic mass is 14.0. The van der Waals surface area contributed by atoms with E-state index in [1.807, 2.05) is 0 Å². The molecule has 2 aromatic rings. The molecule has 0 unspecified atom stereocenters. The Kier molecular flexibility index (Phi) is 4.97. The van der Waals surface area contributed by atoms with Crippen molar-refractivity contribution in [3.8, 4) is 11.1 Å². The first kappa shape index (κ1) is 13.6. The molecular formula is C19H22. The fraction of sp³-hybridized carbons (Fsp3) is 0.263. The number of rotatable bonds is 5. The normalized spacial score (nSPS) is 11.1. The Morgan fingerprint density at radius 2 is 1.32 bits per heavy atom. The van der Waals surface area contributed by atoms with E-state index < -0.39 is 0 Å². The van der Waals surface area contributed by atoms with Crippen molar-refractivity contribution in [2.24, 2.45) is 0 Å². The van der Waals surface area contributed by atoms with E-state index >= 15 is 0 Å². The monoisotopic (exact) mass is 250 g/mol. The quantitative estimate of drug-likeness (QED) is 0.621. The van der Waals surface area contributed by atoms with Crippen molar-refractivity contribution >= 4 is 0 Å². The maximum atomic E-state index is 2.24. The van der Waals surface area contributed by atoms with Crippen LogP contribution in [0.1, 0.15) is 31.4 Å². The van der Waals surface area contributed by atoms with Gasteiger partial charge in [-0.3, -0.25) is 0 Å². The molecule has 0 N–H and O–H groups in total. The summed E-state index contributed by atoms with van der Waals surface area (Å²) in [6.45, 7) is 4.26. The lowest BCUT2D eigenvalue weighted by Crippen LogP contribution is -1.85. The molecule has 2 aromatic carbocycles. The molecule has 98 valence electrons. The Bertz CT molecular complexity index is 515. The molecule has 0 nitrogen and oxygen atoms in total. The molecule has 0 aliphatic heterocycles. The predicted octanol–water partition coefficient (Wildman–Crippen LogP) is 5.42. The highest BCUT2D eigenvalue weighted by Crippen LogP contribution is 2.21. The Morgan fingerprint density at radius 1 is 0.789 bits per heavy atom. The fourth-order valence-corrected chi connectivity index (χ4v) is 2.21. The molecule has 0 spiro atoms. The summed E-state index contributed by atoms with van der Waals surface area (Å²) in [6.07, 6.45) is 7.69. The summed E-state index contributed by atoms with van der Waals surface area (Å²) in [5, 5.41) is 0. The molecular weight excluding hydrogens is 228 g/mol. The smallest absolute Gasteiger partial charge is 0.0184 e. The van der Waals surface area contributed by atoms with Gasteiger partial charge in [-0.15, -0.1) is 0 Å². The van der Waals surface area contributed by atoms with Gasteiger partial charge in [-0.2, -0.15) is 0 Å². The summed E-state index contributed by atoms with van der Waals surface area (Å²) in [7, 11) is 0. The molecule has 0 radical (unpaired) electrons. The van der Waals surface area contributed by atoms with E-state index in [2.05, 4.69) is 74.5 Å². The first-order chi connectivity index (χ1) is 9.33. The Hall–Kier alpha value is -1.82. The van der Waals surface area contributed by atoms with Gasteiger partial charge < -0.3 is 0 Å². The third kappa shape index (κ3) is 3.82. The van der Waals surface area contributed by atoms with Gasteiger partial charge in [0.2, 0.25) is 0 Å². The van der Waals surface area contributed by atoms with Crippen molar-refractivity contribution in [3.63, 3.8) is 0 Å². The largest absolute Gasteiger partial charge is 0.0917 e. The van der Waals surface area contributed by atoms with Gasteiger partial charge in [-0.05, 0) is 48.4 Å². The first-order valence-electron chi connectivity index (χ1n) is 7.13. The van der Waals surface area contributed by atoms with Crippen LogP contribution < -0.4 is 0 Å². The molecule has 0 heteroatoms. The van der Waals surface area contributed by atoms with Gasteiger partial charge in [0.15, 0.2) is 0 Å². The number of hydrogen-bond donors (Lipinski definition) is 0. The number of hydrogen-bond acceptors (Lipinski definition) is 0. The SMILES string of the molecule is C/C=C\CCc1ccc(-c2ccc(CC)cc2)cc1. The van der Waals surface area contributed by atoms with Crippen molar-refractivity contribution in [2.45, 2.75) is 33.1 Å². The minimum Gasteiger partial charge on any atom is -0.0917 e. The maximum Gasteiger partial charge on any atom is -0.0184 e. The maximum absolute atomic E-state index is 2.24. The average Bonchev–Trinajstić information content (AvgIpc) is 2.48. The molecule has 0 saturated carbocycles. The molecule has 0 fully saturated rings. The predicted molar refractivity (Wildman–Crippen MR) is 84.4 cm³/mol. The Balaban J connectivity index is 2.08. The highest BCUT2D eigenvalue weighted by molar-refractivity contribution is 5.63. The van der Waals surface area contributed by atoms with Crippen molar-refractivity contribution in [1.82, 2.24) is 0 Å². The van der Waals surface area contributed by atoms with Gasteiger partial charge in [0.05, 0.1) is 0 Å². The minimum absolute atomic E-state index is 1.10. The standard InChI is InChI=1S/C19H22/c1-3-5-6-7-17-10-14-19(15-11-17)18-12-8-16(4-2)9-13-18/h3,5,8-15H,4,6-7H2,1-2H3/b5-3-. The second kappa shape index (κ2) is 6.94. The summed E-state index contributed by atoms with van der Waals surface area (Å²) in [6, 6.07) is 17.8. The van der Waals surface area contributed by atoms with E-state index in [0.717, 1.165) is 19.3 Å². The van der Waals surface area contributed by atoms with E-state index in [1.165, 1.54) is 22.3 Å².